The number of piperidine rings is 1. The van der Waals surface area contributed by atoms with Gasteiger partial charge in [0.25, 0.3) is 0 Å². The maximum absolute atomic E-state index is 12.7. The fourth-order valence-corrected chi connectivity index (χ4v) is 4.65. The maximum atomic E-state index is 12.7. The highest BCUT2D eigenvalue weighted by Crippen LogP contribution is 2.47. The lowest BCUT2D eigenvalue weighted by Crippen LogP contribution is -2.51. The summed E-state index contributed by atoms with van der Waals surface area (Å²) < 4.78 is 61.6. The summed E-state index contributed by atoms with van der Waals surface area (Å²) in [5, 5.41) is 6.40. The fourth-order valence-electron chi connectivity index (χ4n) is 3.67. The van der Waals surface area contributed by atoms with E-state index in [4.69, 9.17) is 0 Å². The van der Waals surface area contributed by atoms with Crippen LogP contribution in [-0.4, -0.2) is 56.4 Å². The molecule has 2 atom stereocenters. The fraction of sp³-hybridized carbons (Fsp3) is 0.632. The number of nitrogens with one attached hydrogen (secondary N) is 2. The number of nitrogens with zero attached hydrogens (tertiary/aromatic N) is 2. The molecule has 0 aromatic heterocycles. The molecule has 0 spiro atoms. The summed E-state index contributed by atoms with van der Waals surface area (Å²) in [6.07, 6.45) is 1.70. The second kappa shape index (κ2) is 8.91. The van der Waals surface area contributed by atoms with Crippen molar-refractivity contribution in [3.8, 4) is 0 Å². The van der Waals surface area contributed by atoms with Gasteiger partial charge in [0.2, 0.25) is 0 Å². The molecular formula is C19H27F3N4O2S. The minimum atomic E-state index is -5.25. The van der Waals surface area contributed by atoms with Crippen LogP contribution in [-0.2, 0) is 10.0 Å². The first-order valence-electron chi connectivity index (χ1n) is 9.88. The predicted octanol–water partition coefficient (Wildman–Crippen LogP) is 2.66. The molecule has 3 rings (SSSR count). The summed E-state index contributed by atoms with van der Waals surface area (Å²) in [6, 6.07) is 10.2. The molecule has 162 valence electrons. The summed E-state index contributed by atoms with van der Waals surface area (Å²) in [7, 11) is -5.25. The van der Waals surface area contributed by atoms with Crippen LogP contribution in [0.1, 0.15) is 37.7 Å². The van der Waals surface area contributed by atoms with E-state index in [1.54, 1.807) is 0 Å². The molecular weight excluding hydrogens is 405 g/mol. The third kappa shape index (κ3) is 5.42. The summed E-state index contributed by atoms with van der Waals surface area (Å²) >= 11 is 0. The zero-order valence-electron chi connectivity index (χ0n) is 16.3. The zero-order valence-corrected chi connectivity index (χ0v) is 17.1. The average Bonchev–Trinajstić information content (AvgIpc) is 3.46. The van der Waals surface area contributed by atoms with Gasteiger partial charge in [0.1, 0.15) is 0 Å². The zero-order chi connectivity index (χ0) is 21.1. The Bertz CT molecular complexity index is 806. The molecule has 0 bridgehead atoms. The molecule has 1 aliphatic carbocycles. The van der Waals surface area contributed by atoms with E-state index in [1.807, 2.05) is 25.1 Å². The van der Waals surface area contributed by atoms with Crippen molar-refractivity contribution in [3.63, 3.8) is 0 Å². The van der Waals surface area contributed by atoms with Crippen molar-refractivity contribution in [2.75, 3.05) is 26.2 Å². The van der Waals surface area contributed by atoms with E-state index in [9.17, 15) is 21.6 Å². The molecule has 1 saturated carbocycles. The lowest BCUT2D eigenvalue weighted by molar-refractivity contribution is -0.0494. The number of alkyl halides is 3. The number of halogens is 3. The van der Waals surface area contributed by atoms with Crippen molar-refractivity contribution in [1.82, 2.24) is 14.9 Å². The van der Waals surface area contributed by atoms with E-state index in [-0.39, 0.29) is 19.1 Å². The Morgan fingerprint density at radius 1 is 1.21 bits per heavy atom. The Hall–Kier alpha value is -1.81. The summed E-state index contributed by atoms with van der Waals surface area (Å²) in [4.78, 5) is 4.63. The van der Waals surface area contributed by atoms with Gasteiger partial charge >= 0.3 is 15.5 Å². The third-order valence-corrected chi connectivity index (χ3v) is 7.04. The van der Waals surface area contributed by atoms with Crippen molar-refractivity contribution in [2.45, 2.75) is 43.7 Å². The van der Waals surface area contributed by atoms with Gasteiger partial charge in [-0.05, 0) is 43.6 Å². The van der Waals surface area contributed by atoms with Crippen molar-refractivity contribution < 1.29 is 21.6 Å². The lowest BCUT2D eigenvalue weighted by atomic mass is 10.1. The first kappa shape index (κ1) is 21.9. The number of sulfonamides is 1. The molecule has 1 aromatic rings. The topological polar surface area (TPSA) is 73.8 Å². The Morgan fingerprint density at radius 2 is 1.86 bits per heavy atom. The van der Waals surface area contributed by atoms with Gasteiger partial charge in [-0.3, -0.25) is 4.99 Å². The maximum Gasteiger partial charge on any atom is 0.511 e. The van der Waals surface area contributed by atoms with Crippen LogP contribution in [0.25, 0.3) is 0 Å². The van der Waals surface area contributed by atoms with Crippen LogP contribution in [0.4, 0.5) is 13.2 Å². The lowest BCUT2D eigenvalue weighted by Gasteiger charge is -2.32. The normalized spacial score (nSPS) is 24.3. The Labute approximate surface area is 169 Å². The Kier molecular flexibility index (Phi) is 6.72. The smallest absolute Gasteiger partial charge is 0.357 e. The van der Waals surface area contributed by atoms with Gasteiger partial charge in [-0.15, -0.1) is 0 Å². The number of rotatable bonds is 6. The van der Waals surface area contributed by atoms with E-state index in [1.165, 1.54) is 5.56 Å². The molecule has 1 saturated heterocycles. The van der Waals surface area contributed by atoms with Crippen LogP contribution in [0.2, 0.25) is 0 Å². The van der Waals surface area contributed by atoms with Crippen LogP contribution in [0.3, 0.4) is 0 Å². The first-order valence-corrected chi connectivity index (χ1v) is 11.3. The largest absolute Gasteiger partial charge is 0.511 e. The Balaban J connectivity index is 1.51. The summed E-state index contributed by atoms with van der Waals surface area (Å²) in [5.41, 5.74) is -3.92. The highest BCUT2D eigenvalue weighted by Gasteiger charge is 2.50. The second-order valence-electron chi connectivity index (χ2n) is 7.50. The van der Waals surface area contributed by atoms with Crippen LogP contribution < -0.4 is 10.6 Å². The molecule has 6 nitrogen and oxygen atoms in total. The number of hydrogen-bond donors (Lipinski definition) is 2. The van der Waals surface area contributed by atoms with Crippen LogP contribution in [0, 0.1) is 5.92 Å². The van der Waals surface area contributed by atoms with Gasteiger partial charge in [-0.25, -0.2) is 8.42 Å². The highest BCUT2D eigenvalue weighted by molar-refractivity contribution is 7.90. The number of hydrogen-bond acceptors (Lipinski definition) is 3. The highest BCUT2D eigenvalue weighted by atomic mass is 32.2. The first-order chi connectivity index (χ1) is 13.7. The van der Waals surface area contributed by atoms with E-state index in [0.29, 0.717) is 48.0 Å². The van der Waals surface area contributed by atoms with Gasteiger partial charge in [0.15, 0.2) is 5.96 Å². The summed E-state index contributed by atoms with van der Waals surface area (Å²) in [5.74, 6) is 1.65. The van der Waals surface area contributed by atoms with Gasteiger partial charge in [0, 0.05) is 32.2 Å². The van der Waals surface area contributed by atoms with Gasteiger partial charge in [-0.2, -0.15) is 17.5 Å². The SMILES string of the molecule is CCNC(=NCC1CC1c1ccccc1)NC1CCN(S(=O)(=O)C(F)(F)F)CC1. The molecule has 10 heteroatoms. The van der Waals surface area contributed by atoms with Gasteiger partial charge in [-0.1, -0.05) is 30.3 Å². The molecule has 2 aliphatic rings. The van der Waals surface area contributed by atoms with Crippen LogP contribution in [0.15, 0.2) is 35.3 Å². The van der Waals surface area contributed by atoms with Gasteiger partial charge in [0.05, 0.1) is 0 Å². The van der Waals surface area contributed by atoms with E-state index >= 15 is 0 Å². The van der Waals surface area contributed by atoms with E-state index in [2.05, 4.69) is 27.8 Å². The van der Waals surface area contributed by atoms with Crippen LogP contribution in [0.5, 0.6) is 0 Å². The molecule has 1 heterocycles. The van der Waals surface area contributed by atoms with Crippen molar-refractivity contribution in [3.05, 3.63) is 35.9 Å². The average molecular weight is 433 g/mol. The number of benzene rings is 1. The predicted molar refractivity (Wildman–Crippen MR) is 106 cm³/mol. The molecule has 2 fully saturated rings. The Morgan fingerprint density at radius 3 is 2.45 bits per heavy atom. The molecule has 29 heavy (non-hydrogen) atoms. The molecule has 2 N–H and O–H groups in total. The van der Waals surface area contributed by atoms with Crippen LogP contribution >= 0.6 is 0 Å². The summed E-state index contributed by atoms with van der Waals surface area (Å²) in [6.45, 7) is 2.98. The molecule has 1 aromatic carbocycles. The van der Waals surface area contributed by atoms with Crippen molar-refractivity contribution >= 4 is 16.0 Å². The molecule has 1 aliphatic heterocycles. The quantitative estimate of drug-likeness (QED) is 0.536. The molecule has 0 amide bonds. The van der Waals surface area contributed by atoms with Gasteiger partial charge < -0.3 is 10.6 Å². The standard InChI is InChI=1S/C19H27F3N4O2S/c1-2-23-18(24-13-15-12-17(15)14-6-4-3-5-7-14)25-16-8-10-26(11-9-16)29(27,28)19(20,21)22/h3-7,15-17H,2,8-13H2,1H3,(H2,23,24,25). The van der Waals surface area contributed by atoms with E-state index in [0.717, 1.165) is 6.42 Å². The number of aliphatic imine (C=N–C) groups is 1. The third-order valence-electron chi connectivity index (χ3n) is 5.41. The second-order valence-corrected chi connectivity index (χ2v) is 9.43. The number of guanidine groups is 1. The van der Waals surface area contributed by atoms with Crippen molar-refractivity contribution in [1.29, 1.82) is 0 Å². The molecule has 2 unspecified atom stereocenters. The minimum absolute atomic E-state index is 0.114. The van der Waals surface area contributed by atoms with E-state index < -0.39 is 15.5 Å². The monoisotopic (exact) mass is 432 g/mol. The minimum Gasteiger partial charge on any atom is -0.357 e. The molecule has 0 radical (unpaired) electrons. The van der Waals surface area contributed by atoms with Crippen molar-refractivity contribution in [2.24, 2.45) is 10.9 Å².